The summed E-state index contributed by atoms with van der Waals surface area (Å²) in [5.41, 5.74) is 0.786. The number of carbonyl (C=O) groups is 1. The minimum Gasteiger partial charge on any atom is -0.481 e. The molecule has 1 aromatic carbocycles. The predicted molar refractivity (Wildman–Crippen MR) is 116 cm³/mol. The van der Waals surface area contributed by atoms with E-state index >= 15 is 0 Å². The third kappa shape index (κ3) is 6.43. The summed E-state index contributed by atoms with van der Waals surface area (Å²) in [4.78, 5) is 10.6. The SMILES string of the molecule is O=C(O)CCC/C=C/CC1C2CCC(C2)C1NS(=O)(=O)/C=C/c1ccc(Cl)cc1. The van der Waals surface area contributed by atoms with Crippen molar-refractivity contribution in [1.82, 2.24) is 4.72 Å². The number of sulfonamides is 1. The van der Waals surface area contributed by atoms with Gasteiger partial charge in [-0.15, -0.1) is 0 Å². The number of aliphatic carboxylic acids is 1. The molecule has 4 atom stereocenters. The molecule has 2 N–H and O–H groups in total. The highest BCUT2D eigenvalue weighted by Gasteiger charge is 2.47. The molecule has 0 aliphatic heterocycles. The molecule has 2 fully saturated rings. The first-order valence-electron chi connectivity index (χ1n) is 10.2. The van der Waals surface area contributed by atoms with Gasteiger partial charge in [-0.3, -0.25) is 4.79 Å². The summed E-state index contributed by atoms with van der Waals surface area (Å²) >= 11 is 5.86. The molecule has 29 heavy (non-hydrogen) atoms. The molecule has 7 heteroatoms. The van der Waals surface area contributed by atoms with Crippen LogP contribution in [0, 0.1) is 17.8 Å². The fourth-order valence-electron chi connectivity index (χ4n) is 4.65. The van der Waals surface area contributed by atoms with E-state index in [1.54, 1.807) is 30.3 Å². The van der Waals surface area contributed by atoms with Crippen molar-refractivity contribution < 1.29 is 18.3 Å². The van der Waals surface area contributed by atoms with Crippen LogP contribution in [0.4, 0.5) is 0 Å². The Bertz CT molecular complexity index is 863. The molecule has 3 rings (SSSR count). The number of allylic oxidation sites excluding steroid dienone is 2. The lowest BCUT2D eigenvalue weighted by atomic mass is 9.83. The Kier molecular flexibility index (Phi) is 7.55. The van der Waals surface area contributed by atoms with E-state index in [0.717, 1.165) is 31.2 Å². The lowest BCUT2D eigenvalue weighted by Crippen LogP contribution is -2.43. The number of halogens is 1. The summed E-state index contributed by atoms with van der Waals surface area (Å²) in [6, 6.07) is 7.00. The number of benzene rings is 1. The maximum absolute atomic E-state index is 12.6. The number of rotatable bonds is 10. The van der Waals surface area contributed by atoms with Crippen LogP contribution >= 0.6 is 11.6 Å². The average Bonchev–Trinajstić information content (AvgIpc) is 3.26. The zero-order valence-electron chi connectivity index (χ0n) is 16.3. The quantitative estimate of drug-likeness (QED) is 0.405. The van der Waals surface area contributed by atoms with Gasteiger partial charge in [0, 0.05) is 22.9 Å². The molecule has 0 heterocycles. The van der Waals surface area contributed by atoms with Crippen LogP contribution in [0.25, 0.3) is 6.08 Å². The molecule has 2 bridgehead atoms. The summed E-state index contributed by atoms with van der Waals surface area (Å²) in [6.45, 7) is 0. The van der Waals surface area contributed by atoms with Gasteiger partial charge in [0.1, 0.15) is 0 Å². The van der Waals surface area contributed by atoms with E-state index in [9.17, 15) is 13.2 Å². The van der Waals surface area contributed by atoms with Gasteiger partial charge in [0.15, 0.2) is 0 Å². The summed E-state index contributed by atoms with van der Waals surface area (Å²) in [7, 11) is -3.53. The van der Waals surface area contributed by atoms with Crippen LogP contribution < -0.4 is 4.72 Å². The summed E-state index contributed by atoms with van der Waals surface area (Å²) in [5, 5.41) is 10.5. The van der Waals surface area contributed by atoms with Crippen molar-refractivity contribution in [3.63, 3.8) is 0 Å². The Morgan fingerprint density at radius 2 is 1.90 bits per heavy atom. The Morgan fingerprint density at radius 1 is 1.17 bits per heavy atom. The topological polar surface area (TPSA) is 83.5 Å². The first kappa shape index (κ1) is 22.1. The maximum atomic E-state index is 12.6. The van der Waals surface area contributed by atoms with E-state index in [1.165, 1.54) is 11.8 Å². The number of unbranched alkanes of at least 4 members (excludes halogenated alkanes) is 1. The van der Waals surface area contributed by atoms with E-state index in [0.29, 0.717) is 29.2 Å². The minimum atomic E-state index is -3.53. The lowest BCUT2D eigenvalue weighted by Gasteiger charge is -2.30. The monoisotopic (exact) mass is 437 g/mol. The van der Waals surface area contributed by atoms with E-state index < -0.39 is 16.0 Å². The molecule has 0 amide bonds. The van der Waals surface area contributed by atoms with Crippen LogP contribution in [0.1, 0.15) is 50.5 Å². The molecule has 0 radical (unpaired) electrons. The van der Waals surface area contributed by atoms with Crippen LogP contribution in [-0.4, -0.2) is 25.5 Å². The Balaban J connectivity index is 1.58. The maximum Gasteiger partial charge on any atom is 0.303 e. The van der Waals surface area contributed by atoms with Crippen molar-refractivity contribution in [3.05, 3.63) is 52.4 Å². The number of fused-ring (bicyclic) bond motifs is 2. The highest BCUT2D eigenvalue weighted by atomic mass is 35.5. The first-order valence-corrected chi connectivity index (χ1v) is 12.1. The van der Waals surface area contributed by atoms with Gasteiger partial charge in [-0.1, -0.05) is 35.9 Å². The highest BCUT2D eigenvalue weighted by Crippen LogP contribution is 2.50. The average molecular weight is 438 g/mol. The Hall–Kier alpha value is -1.63. The number of carboxylic acids is 1. The number of hydrogen-bond donors (Lipinski definition) is 2. The van der Waals surface area contributed by atoms with Gasteiger partial charge in [0.05, 0.1) is 0 Å². The van der Waals surface area contributed by atoms with Crippen LogP contribution in [-0.2, 0) is 14.8 Å². The van der Waals surface area contributed by atoms with Crippen LogP contribution in [0.5, 0.6) is 0 Å². The van der Waals surface area contributed by atoms with Crippen molar-refractivity contribution in [1.29, 1.82) is 0 Å². The van der Waals surface area contributed by atoms with E-state index in [2.05, 4.69) is 10.8 Å². The predicted octanol–water partition coefficient (Wildman–Crippen LogP) is 4.85. The fraction of sp³-hybridized carbons (Fsp3) is 0.500. The third-order valence-corrected chi connectivity index (χ3v) is 7.38. The molecule has 158 valence electrons. The van der Waals surface area contributed by atoms with Crippen LogP contribution in [0.15, 0.2) is 41.8 Å². The molecule has 2 aliphatic carbocycles. The Morgan fingerprint density at radius 3 is 2.62 bits per heavy atom. The highest BCUT2D eigenvalue weighted by molar-refractivity contribution is 7.92. The van der Waals surface area contributed by atoms with Crippen molar-refractivity contribution in [2.75, 3.05) is 0 Å². The molecular formula is C22H28ClNO4S. The van der Waals surface area contributed by atoms with Crippen molar-refractivity contribution in [2.24, 2.45) is 17.8 Å². The second-order valence-corrected chi connectivity index (χ2v) is 10.1. The van der Waals surface area contributed by atoms with Gasteiger partial charge in [-0.25, -0.2) is 13.1 Å². The molecule has 4 unspecified atom stereocenters. The molecule has 2 saturated carbocycles. The minimum absolute atomic E-state index is 0.0303. The second-order valence-electron chi connectivity index (χ2n) is 8.03. The van der Waals surface area contributed by atoms with Gasteiger partial charge in [-0.05, 0) is 80.1 Å². The number of nitrogens with one attached hydrogen (secondary N) is 1. The van der Waals surface area contributed by atoms with Crippen LogP contribution in [0.2, 0.25) is 5.02 Å². The number of carboxylic acid groups (broad SMARTS) is 1. The van der Waals surface area contributed by atoms with Crippen molar-refractivity contribution >= 4 is 33.7 Å². The first-order chi connectivity index (χ1) is 13.8. The normalized spacial score (nSPS) is 26.7. The van der Waals surface area contributed by atoms with Crippen molar-refractivity contribution in [3.8, 4) is 0 Å². The zero-order chi connectivity index (χ0) is 20.9. The van der Waals surface area contributed by atoms with Gasteiger partial charge < -0.3 is 5.11 Å². The summed E-state index contributed by atoms with van der Waals surface area (Å²) in [5.74, 6) is 0.511. The fourth-order valence-corrected chi connectivity index (χ4v) is 5.93. The standard InChI is InChI=1S/C22H28ClNO4S/c23-19-11-7-16(8-12-19)13-14-29(27,28)24-22-18-10-9-17(15-18)20(22)5-3-1-2-4-6-21(25)26/h1,3,7-8,11-14,17-18,20,22,24H,2,4-6,9-10,15H2,(H,25,26)/b3-1+,14-13+. The largest absolute Gasteiger partial charge is 0.481 e. The molecule has 2 aliphatic rings. The van der Waals surface area contributed by atoms with E-state index in [-0.39, 0.29) is 12.5 Å². The smallest absolute Gasteiger partial charge is 0.303 e. The molecule has 0 spiro atoms. The van der Waals surface area contributed by atoms with Gasteiger partial charge >= 0.3 is 5.97 Å². The summed E-state index contributed by atoms with van der Waals surface area (Å²) < 4.78 is 28.2. The van der Waals surface area contributed by atoms with E-state index in [4.69, 9.17) is 16.7 Å². The van der Waals surface area contributed by atoms with E-state index in [1.807, 2.05) is 6.08 Å². The van der Waals surface area contributed by atoms with Gasteiger partial charge in [0.2, 0.25) is 10.0 Å². The van der Waals surface area contributed by atoms with Crippen LogP contribution in [0.3, 0.4) is 0 Å². The summed E-state index contributed by atoms with van der Waals surface area (Å²) in [6.07, 6.45) is 11.4. The Labute approximate surface area is 177 Å². The second kappa shape index (κ2) is 9.92. The molecule has 0 saturated heterocycles. The van der Waals surface area contributed by atoms with Gasteiger partial charge in [-0.2, -0.15) is 0 Å². The van der Waals surface area contributed by atoms with Gasteiger partial charge in [0.25, 0.3) is 0 Å². The molecule has 5 nitrogen and oxygen atoms in total. The molecular weight excluding hydrogens is 410 g/mol. The third-order valence-electron chi connectivity index (χ3n) is 6.03. The zero-order valence-corrected chi connectivity index (χ0v) is 17.9. The molecule has 1 aromatic rings. The molecule has 0 aromatic heterocycles. The number of hydrogen-bond acceptors (Lipinski definition) is 3. The lowest BCUT2D eigenvalue weighted by molar-refractivity contribution is -0.137. The van der Waals surface area contributed by atoms with Crippen molar-refractivity contribution in [2.45, 2.75) is 51.0 Å².